The number of rotatable bonds is 7. The van der Waals surface area contributed by atoms with Crippen LogP contribution in [0.5, 0.6) is 5.75 Å². The molecule has 0 aliphatic rings. The van der Waals surface area contributed by atoms with Gasteiger partial charge in [0, 0.05) is 17.8 Å². The molecule has 7 heteroatoms. The molecule has 0 saturated carbocycles. The van der Waals surface area contributed by atoms with Crippen LogP contribution in [0.1, 0.15) is 20.8 Å². The molecule has 112 valence electrons. The van der Waals surface area contributed by atoms with Crippen LogP contribution in [0.15, 0.2) is 30.3 Å². The van der Waals surface area contributed by atoms with Gasteiger partial charge in [-0.1, -0.05) is 25.1 Å². The van der Waals surface area contributed by atoms with Crippen molar-refractivity contribution >= 4 is 24.1 Å². The smallest absolute Gasteiger partial charge is 0.409 e. The first-order valence-corrected chi connectivity index (χ1v) is 8.83. The highest BCUT2D eigenvalue weighted by atomic mass is 35.7. The number of benzene rings is 1. The fraction of sp³-hybridized carbons (Fsp3) is 0.462. The Morgan fingerprint density at radius 2 is 1.90 bits per heavy atom. The molecule has 0 saturated heterocycles. The number of para-hydroxylation sites is 1. The van der Waals surface area contributed by atoms with E-state index in [-0.39, 0.29) is 18.6 Å². The molecule has 5 nitrogen and oxygen atoms in total. The highest BCUT2D eigenvalue weighted by molar-refractivity contribution is 7.84. The summed E-state index contributed by atoms with van der Waals surface area (Å²) in [5, 5.41) is 2.56. The summed E-state index contributed by atoms with van der Waals surface area (Å²) < 4.78 is 22.2. The Hall–Kier alpha value is -1.03. The van der Waals surface area contributed by atoms with Gasteiger partial charge in [-0.05, 0) is 26.0 Å². The van der Waals surface area contributed by atoms with Gasteiger partial charge in [0.2, 0.25) is 0 Å². The van der Waals surface area contributed by atoms with E-state index in [1.165, 1.54) is 0 Å². The summed E-state index contributed by atoms with van der Waals surface area (Å²) in [5.74, 6) is -0.441. The molecule has 2 atom stereocenters. The zero-order chi connectivity index (χ0) is 15.2. The fourth-order valence-electron chi connectivity index (χ4n) is 1.33. The fourth-order valence-corrected chi connectivity index (χ4v) is 2.72. The van der Waals surface area contributed by atoms with Crippen LogP contribution in [-0.2, 0) is 14.1 Å². The molecule has 0 aliphatic heterocycles. The van der Waals surface area contributed by atoms with Crippen LogP contribution in [0, 0.1) is 5.92 Å². The molecule has 1 N–H and O–H groups in total. The lowest BCUT2D eigenvalue weighted by Crippen LogP contribution is -2.27. The average molecular weight is 320 g/mol. The summed E-state index contributed by atoms with van der Waals surface area (Å²) >= 11 is 5.80. The molecule has 0 spiro atoms. The van der Waals surface area contributed by atoms with Crippen molar-refractivity contribution in [2.75, 3.05) is 6.54 Å². The van der Waals surface area contributed by atoms with Crippen LogP contribution in [0.2, 0.25) is 0 Å². The molecule has 0 bridgehead atoms. The third kappa shape index (κ3) is 6.42. The van der Waals surface area contributed by atoms with Crippen molar-refractivity contribution in [1.29, 1.82) is 0 Å². The van der Waals surface area contributed by atoms with Gasteiger partial charge in [-0.3, -0.25) is 4.79 Å². The Kier molecular flexibility index (Phi) is 6.53. The van der Waals surface area contributed by atoms with Crippen molar-refractivity contribution in [2.45, 2.75) is 26.9 Å². The number of carbonyl (C=O) groups excluding carboxylic acids is 1. The third-order valence-electron chi connectivity index (χ3n) is 2.31. The molecule has 0 radical (unpaired) electrons. The van der Waals surface area contributed by atoms with Crippen LogP contribution in [0.4, 0.5) is 0 Å². The van der Waals surface area contributed by atoms with Crippen molar-refractivity contribution in [1.82, 2.24) is 5.09 Å². The lowest BCUT2D eigenvalue weighted by atomic mass is 10.2. The molecule has 0 fully saturated rings. The van der Waals surface area contributed by atoms with Crippen LogP contribution in [0.25, 0.3) is 0 Å². The van der Waals surface area contributed by atoms with Gasteiger partial charge in [0.1, 0.15) is 5.75 Å². The number of nitrogens with one attached hydrogen (secondary N) is 1. The molecule has 20 heavy (non-hydrogen) atoms. The first-order chi connectivity index (χ1) is 9.30. The van der Waals surface area contributed by atoms with E-state index in [2.05, 4.69) is 5.09 Å². The Bertz CT molecular complexity index is 481. The van der Waals surface area contributed by atoms with Gasteiger partial charge in [-0.15, -0.1) is 0 Å². The number of hydrogen-bond acceptors (Lipinski definition) is 4. The summed E-state index contributed by atoms with van der Waals surface area (Å²) in [6.45, 7) is 1.78. The van der Waals surface area contributed by atoms with Gasteiger partial charge in [0.15, 0.2) is 0 Å². The molecular formula is C13H19ClNO4P. The first-order valence-electron chi connectivity index (χ1n) is 6.30. The summed E-state index contributed by atoms with van der Waals surface area (Å²) in [6.07, 6.45) is -0.187. The second-order valence-electron chi connectivity index (χ2n) is 4.63. The second-order valence-corrected chi connectivity index (χ2v) is 7.43. The normalized spacial score (nSPS) is 15.4. The maximum absolute atomic E-state index is 12.0. The Morgan fingerprint density at radius 3 is 2.45 bits per heavy atom. The highest BCUT2D eigenvalue weighted by Gasteiger charge is 2.24. The lowest BCUT2D eigenvalue weighted by molar-refractivity contribution is -0.151. The van der Waals surface area contributed by atoms with E-state index in [9.17, 15) is 9.36 Å². The highest BCUT2D eigenvalue weighted by Crippen LogP contribution is 2.47. The van der Waals surface area contributed by atoms with Gasteiger partial charge in [0.25, 0.3) is 0 Å². The van der Waals surface area contributed by atoms with Crippen LogP contribution >= 0.6 is 18.1 Å². The molecule has 1 rings (SSSR count). The maximum atomic E-state index is 12.0. The zero-order valence-corrected chi connectivity index (χ0v) is 13.4. The molecule has 0 heterocycles. The monoisotopic (exact) mass is 319 g/mol. The maximum Gasteiger partial charge on any atom is 0.409 e. The van der Waals surface area contributed by atoms with Crippen molar-refractivity contribution in [3.8, 4) is 5.75 Å². The van der Waals surface area contributed by atoms with Crippen molar-refractivity contribution in [2.24, 2.45) is 5.92 Å². The second kappa shape index (κ2) is 7.67. The van der Waals surface area contributed by atoms with Gasteiger partial charge < -0.3 is 9.26 Å². The molecule has 0 aliphatic carbocycles. The van der Waals surface area contributed by atoms with Gasteiger partial charge in [-0.25, -0.2) is 9.65 Å². The third-order valence-corrected chi connectivity index (χ3v) is 3.88. The van der Waals surface area contributed by atoms with E-state index in [0.717, 1.165) is 0 Å². The molecule has 2 unspecified atom stereocenters. The number of hydrogen-bond donors (Lipinski definition) is 1. The summed E-state index contributed by atoms with van der Waals surface area (Å²) in [6, 6.07) is 8.59. The Labute approximate surface area is 123 Å². The van der Waals surface area contributed by atoms with E-state index >= 15 is 0 Å². The van der Waals surface area contributed by atoms with Gasteiger partial charge >= 0.3 is 12.8 Å². The van der Waals surface area contributed by atoms with E-state index < -0.39 is 12.8 Å². The van der Waals surface area contributed by atoms with E-state index in [1.54, 1.807) is 45.0 Å². The Morgan fingerprint density at radius 1 is 1.30 bits per heavy atom. The number of halogens is 1. The molecule has 0 aromatic heterocycles. The van der Waals surface area contributed by atoms with Gasteiger partial charge in [-0.2, -0.15) is 0 Å². The van der Waals surface area contributed by atoms with E-state index in [0.29, 0.717) is 5.75 Å². The van der Waals surface area contributed by atoms with Crippen molar-refractivity contribution < 1.29 is 18.6 Å². The number of esters is 1. The Balaban J connectivity index is 2.47. The minimum Gasteiger partial charge on any atom is -0.463 e. The molecule has 1 aromatic carbocycles. The predicted molar refractivity (Wildman–Crippen MR) is 78.9 cm³/mol. The zero-order valence-electron chi connectivity index (χ0n) is 11.7. The quantitative estimate of drug-likeness (QED) is 0.614. The van der Waals surface area contributed by atoms with Crippen LogP contribution < -0.4 is 9.61 Å². The molecule has 0 amide bonds. The predicted octanol–water partition coefficient (Wildman–Crippen LogP) is 3.59. The SMILES string of the molecule is CC(C)OC(=O)C(C)CNP(=O)(Cl)Oc1ccccc1. The number of ether oxygens (including phenoxy) is 1. The number of carbonyl (C=O) groups is 1. The minimum absolute atomic E-state index is 0.110. The largest absolute Gasteiger partial charge is 0.463 e. The van der Waals surface area contributed by atoms with E-state index in [1.807, 2.05) is 6.07 Å². The lowest BCUT2D eigenvalue weighted by Gasteiger charge is -2.17. The van der Waals surface area contributed by atoms with Crippen LogP contribution in [0.3, 0.4) is 0 Å². The molecule has 1 aromatic rings. The van der Waals surface area contributed by atoms with E-state index in [4.69, 9.17) is 20.5 Å². The van der Waals surface area contributed by atoms with Crippen LogP contribution in [-0.4, -0.2) is 18.6 Å². The summed E-state index contributed by atoms with van der Waals surface area (Å²) in [7, 11) is 0. The summed E-state index contributed by atoms with van der Waals surface area (Å²) in [5.41, 5.74) is 0. The first kappa shape index (κ1) is 17.0. The van der Waals surface area contributed by atoms with Crippen molar-refractivity contribution in [3.05, 3.63) is 30.3 Å². The molecular weight excluding hydrogens is 301 g/mol. The average Bonchev–Trinajstić information content (AvgIpc) is 2.36. The minimum atomic E-state index is -3.53. The topological polar surface area (TPSA) is 64.6 Å². The standard InChI is InChI=1S/C13H19ClNO4P/c1-10(2)18-13(16)11(3)9-15-20(14,17)19-12-7-5-4-6-8-12/h4-8,10-11H,9H2,1-3H3,(H,15,17). The van der Waals surface area contributed by atoms with Crippen molar-refractivity contribution in [3.63, 3.8) is 0 Å². The summed E-state index contributed by atoms with van der Waals surface area (Å²) in [4.78, 5) is 11.6. The van der Waals surface area contributed by atoms with Gasteiger partial charge in [0.05, 0.1) is 12.0 Å².